The van der Waals surface area contributed by atoms with Gasteiger partial charge in [0.15, 0.2) is 0 Å². The molecule has 1 aliphatic rings. The second-order valence-electron chi connectivity index (χ2n) is 6.86. The van der Waals surface area contributed by atoms with E-state index in [1.165, 1.54) is 5.56 Å². The molecule has 0 radical (unpaired) electrons. The van der Waals surface area contributed by atoms with E-state index < -0.39 is 0 Å². The minimum atomic E-state index is 0.230. The minimum Gasteiger partial charge on any atom is -0.381 e. The lowest BCUT2D eigenvalue weighted by atomic mass is 9.88. The summed E-state index contributed by atoms with van der Waals surface area (Å²) in [6, 6.07) is 10.9. The maximum absolute atomic E-state index is 12.5. The third kappa shape index (κ3) is 5.05. The molecule has 0 bridgehead atoms. The van der Waals surface area contributed by atoms with Gasteiger partial charge in [-0.05, 0) is 39.3 Å². The summed E-state index contributed by atoms with van der Waals surface area (Å²) in [4.78, 5) is 16.7. The van der Waals surface area contributed by atoms with Gasteiger partial charge in [-0.3, -0.25) is 9.69 Å². The van der Waals surface area contributed by atoms with E-state index in [1.54, 1.807) is 7.11 Å². The van der Waals surface area contributed by atoms with Crippen molar-refractivity contribution < 1.29 is 9.53 Å². The second-order valence-corrected chi connectivity index (χ2v) is 6.86. The molecule has 2 atom stereocenters. The number of hydrogen-bond donors (Lipinski definition) is 0. The van der Waals surface area contributed by atoms with Crippen molar-refractivity contribution in [1.29, 1.82) is 0 Å². The van der Waals surface area contributed by atoms with Gasteiger partial charge in [-0.1, -0.05) is 30.3 Å². The van der Waals surface area contributed by atoms with Gasteiger partial charge in [-0.2, -0.15) is 0 Å². The summed E-state index contributed by atoms with van der Waals surface area (Å²) in [5.74, 6) is 0.596. The number of benzene rings is 1. The predicted octanol–water partition coefficient (Wildman–Crippen LogP) is 2.43. The van der Waals surface area contributed by atoms with Gasteiger partial charge in [0.2, 0.25) is 5.91 Å². The SMILES string of the molecule is CO[C@@H]1CCN(C(=O)CN(C)C(C)C)C[C@H]1Cc1ccccc1. The van der Waals surface area contributed by atoms with Crippen molar-refractivity contribution in [3.05, 3.63) is 35.9 Å². The average Bonchev–Trinajstić information content (AvgIpc) is 2.55. The Kier molecular flexibility index (Phi) is 6.60. The molecule has 0 saturated carbocycles. The van der Waals surface area contributed by atoms with Crippen LogP contribution in [-0.2, 0) is 16.0 Å². The number of likely N-dealkylation sites (N-methyl/N-ethyl adjacent to an activating group) is 1. The first kappa shape index (κ1) is 18.0. The number of methoxy groups -OCH3 is 1. The van der Waals surface area contributed by atoms with Crippen LogP contribution in [0.5, 0.6) is 0 Å². The molecule has 4 heteroatoms. The van der Waals surface area contributed by atoms with Crippen LogP contribution >= 0.6 is 0 Å². The fourth-order valence-corrected chi connectivity index (χ4v) is 3.16. The molecule has 1 aromatic carbocycles. The lowest BCUT2D eigenvalue weighted by Crippen LogP contribution is -2.50. The van der Waals surface area contributed by atoms with E-state index in [1.807, 2.05) is 18.0 Å². The molecule has 1 heterocycles. The topological polar surface area (TPSA) is 32.8 Å². The number of amides is 1. The third-order valence-electron chi connectivity index (χ3n) is 4.93. The number of nitrogens with zero attached hydrogens (tertiary/aromatic N) is 2. The van der Waals surface area contributed by atoms with Crippen LogP contribution in [-0.4, -0.2) is 61.6 Å². The Morgan fingerprint density at radius 3 is 2.65 bits per heavy atom. The van der Waals surface area contributed by atoms with E-state index in [4.69, 9.17) is 4.74 Å². The normalized spacial score (nSPS) is 21.9. The van der Waals surface area contributed by atoms with Gasteiger partial charge in [-0.15, -0.1) is 0 Å². The van der Waals surface area contributed by atoms with Crippen molar-refractivity contribution in [3.8, 4) is 0 Å². The zero-order valence-electron chi connectivity index (χ0n) is 14.9. The number of carbonyl (C=O) groups excluding carboxylic acids is 1. The molecule has 4 nitrogen and oxygen atoms in total. The Hall–Kier alpha value is -1.39. The highest BCUT2D eigenvalue weighted by Crippen LogP contribution is 2.24. The lowest BCUT2D eigenvalue weighted by molar-refractivity contribution is -0.136. The molecule has 1 fully saturated rings. The summed E-state index contributed by atoms with van der Waals surface area (Å²) < 4.78 is 5.67. The van der Waals surface area contributed by atoms with E-state index >= 15 is 0 Å². The molecule has 1 aromatic rings. The van der Waals surface area contributed by atoms with Crippen LogP contribution in [0.3, 0.4) is 0 Å². The van der Waals surface area contributed by atoms with Gasteiger partial charge in [0.05, 0.1) is 12.6 Å². The fourth-order valence-electron chi connectivity index (χ4n) is 3.16. The van der Waals surface area contributed by atoms with Crippen molar-refractivity contribution in [2.24, 2.45) is 5.92 Å². The molecule has 128 valence electrons. The number of rotatable bonds is 6. The van der Waals surface area contributed by atoms with Crippen LogP contribution in [0.2, 0.25) is 0 Å². The highest BCUT2D eigenvalue weighted by Gasteiger charge is 2.31. The maximum Gasteiger partial charge on any atom is 0.236 e. The molecular formula is C19H30N2O2. The number of hydrogen-bond acceptors (Lipinski definition) is 3. The molecule has 23 heavy (non-hydrogen) atoms. The second kappa shape index (κ2) is 8.46. The van der Waals surface area contributed by atoms with Gasteiger partial charge in [0.25, 0.3) is 0 Å². The first-order chi connectivity index (χ1) is 11.0. The highest BCUT2D eigenvalue weighted by molar-refractivity contribution is 5.78. The number of ether oxygens (including phenoxy) is 1. The minimum absolute atomic E-state index is 0.230. The molecule has 0 spiro atoms. The predicted molar refractivity (Wildman–Crippen MR) is 93.4 cm³/mol. The Labute approximate surface area is 140 Å². The monoisotopic (exact) mass is 318 g/mol. The standard InChI is InChI=1S/C19H30N2O2/c1-15(2)20(3)14-19(22)21-11-10-18(23-4)17(13-21)12-16-8-6-5-7-9-16/h5-9,15,17-18H,10-14H2,1-4H3/t17-,18-/m1/s1. The van der Waals surface area contributed by atoms with Crippen molar-refractivity contribution in [3.63, 3.8) is 0 Å². The van der Waals surface area contributed by atoms with E-state index in [9.17, 15) is 4.79 Å². The van der Waals surface area contributed by atoms with Gasteiger partial charge in [0.1, 0.15) is 0 Å². The fraction of sp³-hybridized carbons (Fsp3) is 0.632. The summed E-state index contributed by atoms with van der Waals surface area (Å²) >= 11 is 0. The molecule has 1 aliphatic heterocycles. The quantitative estimate of drug-likeness (QED) is 0.807. The summed E-state index contributed by atoms with van der Waals surface area (Å²) in [6.07, 6.45) is 2.12. The average molecular weight is 318 g/mol. The molecule has 0 aromatic heterocycles. The summed E-state index contributed by atoms with van der Waals surface area (Å²) in [6.45, 7) is 6.31. The Bertz CT molecular complexity index is 489. The zero-order chi connectivity index (χ0) is 16.8. The maximum atomic E-state index is 12.5. The number of likely N-dealkylation sites (tertiary alicyclic amines) is 1. The third-order valence-corrected chi connectivity index (χ3v) is 4.93. The molecule has 2 rings (SSSR count). The first-order valence-corrected chi connectivity index (χ1v) is 8.56. The van der Waals surface area contributed by atoms with E-state index in [-0.39, 0.29) is 12.0 Å². The first-order valence-electron chi connectivity index (χ1n) is 8.56. The number of carbonyl (C=O) groups is 1. The summed E-state index contributed by atoms with van der Waals surface area (Å²) in [5, 5.41) is 0. The van der Waals surface area contributed by atoms with E-state index in [0.29, 0.717) is 18.5 Å². The number of piperidine rings is 1. The Morgan fingerprint density at radius 2 is 2.04 bits per heavy atom. The molecule has 1 saturated heterocycles. The van der Waals surface area contributed by atoms with Crippen LogP contribution in [0.1, 0.15) is 25.8 Å². The molecule has 1 amide bonds. The lowest BCUT2D eigenvalue weighted by Gasteiger charge is -2.39. The Morgan fingerprint density at radius 1 is 1.35 bits per heavy atom. The van der Waals surface area contributed by atoms with Gasteiger partial charge >= 0.3 is 0 Å². The Balaban J connectivity index is 1.98. The molecule has 0 aliphatic carbocycles. The van der Waals surface area contributed by atoms with Gasteiger partial charge < -0.3 is 9.64 Å². The van der Waals surface area contributed by atoms with E-state index in [0.717, 1.165) is 25.9 Å². The molecule has 0 unspecified atom stereocenters. The van der Waals surface area contributed by atoms with Gasteiger partial charge in [-0.25, -0.2) is 0 Å². The van der Waals surface area contributed by atoms with Gasteiger partial charge in [0, 0.05) is 32.2 Å². The van der Waals surface area contributed by atoms with Crippen LogP contribution < -0.4 is 0 Å². The van der Waals surface area contributed by atoms with E-state index in [2.05, 4.69) is 43.0 Å². The van der Waals surface area contributed by atoms with Crippen molar-refractivity contribution in [2.45, 2.75) is 38.8 Å². The highest BCUT2D eigenvalue weighted by atomic mass is 16.5. The largest absolute Gasteiger partial charge is 0.381 e. The van der Waals surface area contributed by atoms with Crippen molar-refractivity contribution in [1.82, 2.24) is 9.80 Å². The van der Waals surface area contributed by atoms with Crippen molar-refractivity contribution in [2.75, 3.05) is 33.8 Å². The molecule has 0 N–H and O–H groups in total. The van der Waals surface area contributed by atoms with Crippen molar-refractivity contribution >= 4 is 5.91 Å². The smallest absolute Gasteiger partial charge is 0.236 e. The van der Waals surface area contributed by atoms with Crippen LogP contribution in [0.25, 0.3) is 0 Å². The zero-order valence-corrected chi connectivity index (χ0v) is 14.9. The van der Waals surface area contributed by atoms with Crippen LogP contribution in [0, 0.1) is 5.92 Å². The summed E-state index contributed by atoms with van der Waals surface area (Å²) in [7, 11) is 3.79. The summed E-state index contributed by atoms with van der Waals surface area (Å²) in [5.41, 5.74) is 1.31. The van der Waals surface area contributed by atoms with Crippen LogP contribution in [0.15, 0.2) is 30.3 Å². The molecular weight excluding hydrogens is 288 g/mol. The van der Waals surface area contributed by atoms with Crippen LogP contribution in [0.4, 0.5) is 0 Å².